The van der Waals surface area contributed by atoms with Gasteiger partial charge in [0.2, 0.25) is 0 Å². The largest absolute Gasteiger partial charge is 0.326 e. The summed E-state index contributed by atoms with van der Waals surface area (Å²) in [6.45, 7) is 0.556. The highest BCUT2D eigenvalue weighted by atomic mass is 14.8. The number of hydrogen-bond donors (Lipinski definition) is 3. The zero-order chi connectivity index (χ0) is 8.27. The molecule has 1 rings (SSSR count). The standard InChI is InChI=1S/C8H13N3/c9-5-6-1-3-7(4-2-6)8(10)11/h1-4,8H,5,9-11H2. The maximum Gasteiger partial charge on any atom is 0.0784 e. The monoisotopic (exact) mass is 151 g/mol. The van der Waals surface area contributed by atoms with Gasteiger partial charge in [0.15, 0.2) is 0 Å². The fourth-order valence-electron chi connectivity index (χ4n) is 0.876. The van der Waals surface area contributed by atoms with Gasteiger partial charge in [0.1, 0.15) is 0 Å². The zero-order valence-electron chi connectivity index (χ0n) is 6.33. The van der Waals surface area contributed by atoms with Crippen LogP contribution in [-0.4, -0.2) is 0 Å². The van der Waals surface area contributed by atoms with E-state index in [4.69, 9.17) is 17.2 Å². The van der Waals surface area contributed by atoms with Crippen LogP contribution < -0.4 is 17.2 Å². The van der Waals surface area contributed by atoms with E-state index in [1.165, 1.54) is 0 Å². The van der Waals surface area contributed by atoms with Gasteiger partial charge in [0.05, 0.1) is 6.17 Å². The molecule has 0 bridgehead atoms. The lowest BCUT2D eigenvalue weighted by Gasteiger charge is -2.05. The van der Waals surface area contributed by atoms with Crippen LogP contribution in [0.5, 0.6) is 0 Å². The molecule has 0 aromatic heterocycles. The summed E-state index contributed by atoms with van der Waals surface area (Å²) in [5.74, 6) is 0. The topological polar surface area (TPSA) is 78.1 Å². The minimum atomic E-state index is -0.387. The van der Waals surface area contributed by atoms with E-state index in [1.807, 2.05) is 24.3 Å². The van der Waals surface area contributed by atoms with Crippen LogP contribution in [0.2, 0.25) is 0 Å². The number of hydrogen-bond acceptors (Lipinski definition) is 3. The molecule has 0 unspecified atom stereocenters. The molecule has 11 heavy (non-hydrogen) atoms. The smallest absolute Gasteiger partial charge is 0.0784 e. The van der Waals surface area contributed by atoms with E-state index in [-0.39, 0.29) is 6.17 Å². The van der Waals surface area contributed by atoms with Gasteiger partial charge in [-0.2, -0.15) is 0 Å². The summed E-state index contributed by atoms with van der Waals surface area (Å²) < 4.78 is 0. The minimum absolute atomic E-state index is 0.387. The van der Waals surface area contributed by atoms with Gasteiger partial charge in [-0.3, -0.25) is 0 Å². The Kier molecular flexibility index (Phi) is 2.59. The predicted octanol–water partition coefficient (Wildman–Crippen LogP) is 0.0613. The maximum absolute atomic E-state index is 5.45. The van der Waals surface area contributed by atoms with Gasteiger partial charge in [0.25, 0.3) is 0 Å². The Labute approximate surface area is 66.2 Å². The van der Waals surface area contributed by atoms with Crippen molar-refractivity contribution >= 4 is 0 Å². The fraction of sp³-hybridized carbons (Fsp3) is 0.250. The Morgan fingerprint density at radius 3 is 2.00 bits per heavy atom. The molecule has 1 aromatic rings. The van der Waals surface area contributed by atoms with Crippen molar-refractivity contribution in [3.05, 3.63) is 35.4 Å². The third-order valence-corrected chi connectivity index (χ3v) is 1.60. The van der Waals surface area contributed by atoms with Crippen molar-refractivity contribution in [1.82, 2.24) is 0 Å². The van der Waals surface area contributed by atoms with Crippen LogP contribution >= 0.6 is 0 Å². The van der Waals surface area contributed by atoms with Crippen molar-refractivity contribution in [2.75, 3.05) is 0 Å². The average molecular weight is 151 g/mol. The van der Waals surface area contributed by atoms with Gasteiger partial charge < -0.3 is 17.2 Å². The third kappa shape index (κ3) is 2.01. The summed E-state index contributed by atoms with van der Waals surface area (Å²) in [6.07, 6.45) is -0.387. The number of nitrogens with two attached hydrogens (primary N) is 3. The normalized spacial score (nSPS) is 10.5. The molecule has 6 N–H and O–H groups in total. The fourth-order valence-corrected chi connectivity index (χ4v) is 0.876. The average Bonchev–Trinajstić information content (AvgIpc) is 2.05. The quantitative estimate of drug-likeness (QED) is 0.523. The van der Waals surface area contributed by atoms with Crippen molar-refractivity contribution < 1.29 is 0 Å². The van der Waals surface area contributed by atoms with Crippen molar-refractivity contribution in [3.63, 3.8) is 0 Å². The summed E-state index contributed by atoms with van der Waals surface area (Å²) in [7, 11) is 0. The molecule has 0 aliphatic carbocycles. The SMILES string of the molecule is NCc1ccc(C(N)N)cc1. The van der Waals surface area contributed by atoms with Crippen LogP contribution in [-0.2, 0) is 6.54 Å². The van der Waals surface area contributed by atoms with Gasteiger partial charge in [0, 0.05) is 6.54 Å². The van der Waals surface area contributed by atoms with Crippen molar-refractivity contribution in [2.45, 2.75) is 12.7 Å². The lowest BCUT2D eigenvalue weighted by molar-refractivity contribution is 0.773. The Bertz CT molecular complexity index is 215. The van der Waals surface area contributed by atoms with Crippen molar-refractivity contribution in [2.24, 2.45) is 17.2 Å². The summed E-state index contributed by atoms with van der Waals surface area (Å²) in [6, 6.07) is 7.66. The van der Waals surface area contributed by atoms with Crippen LogP contribution in [0.3, 0.4) is 0 Å². The Hall–Kier alpha value is -0.900. The van der Waals surface area contributed by atoms with E-state index in [0.717, 1.165) is 11.1 Å². The van der Waals surface area contributed by atoms with Crippen LogP contribution in [0.25, 0.3) is 0 Å². The van der Waals surface area contributed by atoms with Crippen molar-refractivity contribution in [1.29, 1.82) is 0 Å². The molecule has 60 valence electrons. The zero-order valence-corrected chi connectivity index (χ0v) is 6.33. The van der Waals surface area contributed by atoms with Crippen LogP contribution in [0.1, 0.15) is 17.3 Å². The lowest BCUT2D eigenvalue weighted by atomic mass is 10.1. The number of benzene rings is 1. The first kappa shape index (κ1) is 8.20. The summed E-state index contributed by atoms with van der Waals surface area (Å²) >= 11 is 0. The van der Waals surface area contributed by atoms with Gasteiger partial charge >= 0.3 is 0 Å². The van der Waals surface area contributed by atoms with Gasteiger partial charge in [-0.15, -0.1) is 0 Å². The van der Waals surface area contributed by atoms with Crippen molar-refractivity contribution in [3.8, 4) is 0 Å². The molecule has 0 atom stereocenters. The molecular formula is C8H13N3. The molecule has 3 nitrogen and oxygen atoms in total. The highest BCUT2D eigenvalue weighted by Crippen LogP contribution is 2.06. The van der Waals surface area contributed by atoms with Gasteiger partial charge in [-0.1, -0.05) is 24.3 Å². The molecule has 0 saturated heterocycles. The molecule has 0 heterocycles. The molecule has 0 saturated carbocycles. The maximum atomic E-state index is 5.45. The summed E-state index contributed by atoms with van der Waals surface area (Å²) in [5, 5.41) is 0. The van der Waals surface area contributed by atoms with Crippen LogP contribution in [0.15, 0.2) is 24.3 Å². The van der Waals surface area contributed by atoms with E-state index in [1.54, 1.807) is 0 Å². The first-order valence-corrected chi connectivity index (χ1v) is 3.54. The lowest BCUT2D eigenvalue weighted by Crippen LogP contribution is -2.19. The van der Waals surface area contributed by atoms with E-state index < -0.39 is 0 Å². The predicted molar refractivity (Wildman–Crippen MR) is 45.4 cm³/mol. The highest BCUT2D eigenvalue weighted by molar-refractivity contribution is 5.23. The molecule has 0 fully saturated rings. The molecule has 1 aromatic carbocycles. The summed E-state index contributed by atoms with van der Waals surface area (Å²) in [4.78, 5) is 0. The van der Waals surface area contributed by atoms with Crippen LogP contribution in [0.4, 0.5) is 0 Å². The Morgan fingerprint density at radius 1 is 1.09 bits per heavy atom. The molecule has 0 aliphatic rings. The Morgan fingerprint density at radius 2 is 1.64 bits per heavy atom. The molecule has 0 radical (unpaired) electrons. The molecule has 3 heteroatoms. The van der Waals surface area contributed by atoms with E-state index in [2.05, 4.69) is 0 Å². The second-order valence-electron chi connectivity index (χ2n) is 2.47. The van der Waals surface area contributed by atoms with Gasteiger partial charge in [-0.05, 0) is 11.1 Å². The first-order valence-electron chi connectivity index (χ1n) is 3.54. The molecule has 0 aliphatic heterocycles. The van der Waals surface area contributed by atoms with Gasteiger partial charge in [-0.25, -0.2) is 0 Å². The Balaban J connectivity index is 2.83. The summed E-state index contributed by atoms with van der Waals surface area (Å²) in [5.41, 5.74) is 18.3. The van der Waals surface area contributed by atoms with Crippen LogP contribution in [0, 0.1) is 0 Å². The molecule has 0 amide bonds. The van der Waals surface area contributed by atoms with E-state index >= 15 is 0 Å². The first-order chi connectivity index (χ1) is 5.24. The third-order valence-electron chi connectivity index (χ3n) is 1.60. The second kappa shape index (κ2) is 3.48. The highest BCUT2D eigenvalue weighted by Gasteiger charge is 1.97. The molecular weight excluding hydrogens is 138 g/mol. The minimum Gasteiger partial charge on any atom is -0.326 e. The molecule has 0 spiro atoms. The van der Waals surface area contributed by atoms with E-state index in [9.17, 15) is 0 Å². The second-order valence-corrected chi connectivity index (χ2v) is 2.47. The number of rotatable bonds is 2. The van der Waals surface area contributed by atoms with E-state index in [0.29, 0.717) is 6.54 Å².